The maximum Gasteiger partial charge on any atom is 0.415 e. The Morgan fingerprint density at radius 1 is 1.50 bits per heavy atom. The Balaban J connectivity index is 4.48. The summed E-state index contributed by atoms with van der Waals surface area (Å²) in [6.07, 6.45) is -1.88. The molecule has 0 fully saturated rings. The zero-order valence-corrected chi connectivity index (χ0v) is 9.47. The van der Waals surface area contributed by atoms with Crippen LogP contribution in [-0.2, 0) is 4.79 Å². The van der Waals surface area contributed by atoms with Crippen LogP contribution in [0, 0.1) is 0 Å². The minimum atomic E-state index is -4.74. The van der Waals surface area contributed by atoms with E-state index in [0.29, 0.717) is 19.8 Å². The van der Waals surface area contributed by atoms with Crippen LogP contribution in [0.15, 0.2) is 12.7 Å². The van der Waals surface area contributed by atoms with Gasteiger partial charge in [-0.1, -0.05) is 6.08 Å². The van der Waals surface area contributed by atoms with Crippen molar-refractivity contribution in [2.75, 3.05) is 13.6 Å². The highest BCUT2D eigenvalue weighted by atomic mass is 19.4. The molecule has 0 spiro atoms. The van der Waals surface area contributed by atoms with E-state index in [1.807, 2.05) is 0 Å². The van der Waals surface area contributed by atoms with Crippen LogP contribution in [0.4, 0.5) is 13.2 Å². The molecule has 0 aromatic rings. The molecule has 2 N–H and O–H groups in total. The number of alkyl halides is 3. The molecule has 0 rings (SSSR count). The van der Waals surface area contributed by atoms with Gasteiger partial charge in [0.25, 0.3) is 5.91 Å². The van der Waals surface area contributed by atoms with E-state index in [1.165, 1.54) is 7.05 Å². The summed E-state index contributed by atoms with van der Waals surface area (Å²) in [6.45, 7) is 4.39. The highest BCUT2D eigenvalue weighted by molar-refractivity contribution is 5.86. The number of amides is 1. The van der Waals surface area contributed by atoms with Crippen LogP contribution in [0.2, 0.25) is 0 Å². The van der Waals surface area contributed by atoms with Crippen molar-refractivity contribution in [3.05, 3.63) is 12.7 Å². The van der Waals surface area contributed by atoms with Gasteiger partial charge in [-0.25, -0.2) is 0 Å². The monoisotopic (exact) mass is 238 g/mol. The van der Waals surface area contributed by atoms with Crippen molar-refractivity contribution in [3.8, 4) is 0 Å². The summed E-state index contributed by atoms with van der Waals surface area (Å²) in [5, 5.41) is 0. The van der Waals surface area contributed by atoms with E-state index in [0.717, 1.165) is 4.90 Å². The summed E-state index contributed by atoms with van der Waals surface area (Å²) in [7, 11) is 1.31. The number of carbonyl (C=O) groups excluding carboxylic acids is 1. The van der Waals surface area contributed by atoms with Crippen molar-refractivity contribution in [3.63, 3.8) is 0 Å². The van der Waals surface area contributed by atoms with Gasteiger partial charge in [-0.15, -0.1) is 6.58 Å². The van der Waals surface area contributed by atoms with Gasteiger partial charge in [-0.2, -0.15) is 13.2 Å². The summed E-state index contributed by atoms with van der Waals surface area (Å²) in [5.74, 6) is -1.12. The molecule has 0 aliphatic carbocycles. The first kappa shape index (κ1) is 15.0. The van der Waals surface area contributed by atoms with E-state index >= 15 is 0 Å². The summed E-state index contributed by atoms with van der Waals surface area (Å²) in [5.41, 5.74) is 2.18. The molecule has 0 aromatic heterocycles. The predicted molar refractivity (Wildman–Crippen MR) is 55.7 cm³/mol. The minimum absolute atomic E-state index is 0.230. The molecule has 0 aliphatic rings. The Kier molecular flexibility index (Phi) is 4.99. The molecule has 94 valence electrons. The van der Waals surface area contributed by atoms with Gasteiger partial charge in [-0.3, -0.25) is 4.79 Å². The number of hydrogen-bond donors (Lipinski definition) is 1. The van der Waals surface area contributed by atoms with Crippen molar-refractivity contribution in [1.82, 2.24) is 4.90 Å². The summed E-state index contributed by atoms with van der Waals surface area (Å²) >= 11 is 0. The Morgan fingerprint density at radius 2 is 2.00 bits per heavy atom. The lowest BCUT2D eigenvalue weighted by atomic mass is 10.0. The van der Waals surface area contributed by atoms with Crippen LogP contribution >= 0.6 is 0 Å². The highest BCUT2D eigenvalue weighted by Crippen LogP contribution is 2.29. The number of nitrogens with two attached hydrogens (primary N) is 1. The van der Waals surface area contributed by atoms with Gasteiger partial charge >= 0.3 is 6.18 Å². The highest BCUT2D eigenvalue weighted by Gasteiger charge is 2.54. The number of halogens is 3. The van der Waals surface area contributed by atoms with Crippen LogP contribution < -0.4 is 5.73 Å². The van der Waals surface area contributed by atoms with Crippen molar-refractivity contribution in [2.45, 2.75) is 31.5 Å². The minimum Gasteiger partial charge on any atom is -0.344 e. The molecule has 0 saturated carbocycles. The van der Waals surface area contributed by atoms with Gasteiger partial charge in [0, 0.05) is 13.6 Å². The second kappa shape index (κ2) is 5.34. The molecule has 0 aromatic carbocycles. The normalized spacial score (nSPS) is 15.4. The van der Waals surface area contributed by atoms with E-state index in [1.54, 1.807) is 6.08 Å². The standard InChI is InChI=1S/C10H17F3N2O/c1-4-5-6-7-15(3)8(16)9(2,14)10(11,12)13/h4H,1,5-7,14H2,2-3H3. The second-order valence-electron chi connectivity index (χ2n) is 3.86. The number of hydrogen-bond acceptors (Lipinski definition) is 2. The summed E-state index contributed by atoms with van der Waals surface area (Å²) in [4.78, 5) is 12.5. The molecule has 1 amide bonds. The van der Waals surface area contributed by atoms with Gasteiger partial charge in [0.15, 0.2) is 5.54 Å². The molecule has 1 atom stereocenters. The third kappa shape index (κ3) is 3.52. The van der Waals surface area contributed by atoms with Crippen LogP contribution in [0.1, 0.15) is 19.8 Å². The SMILES string of the molecule is C=CCCCN(C)C(=O)C(C)(N)C(F)(F)F. The van der Waals surface area contributed by atoms with E-state index in [2.05, 4.69) is 6.58 Å². The van der Waals surface area contributed by atoms with Gasteiger partial charge < -0.3 is 10.6 Å². The van der Waals surface area contributed by atoms with Crippen molar-refractivity contribution >= 4 is 5.91 Å². The molecule has 3 nitrogen and oxygen atoms in total. The topological polar surface area (TPSA) is 46.3 Å². The summed E-state index contributed by atoms with van der Waals surface area (Å²) in [6, 6.07) is 0. The molecule has 1 unspecified atom stereocenters. The van der Waals surface area contributed by atoms with Crippen molar-refractivity contribution in [2.24, 2.45) is 5.73 Å². The zero-order valence-electron chi connectivity index (χ0n) is 9.47. The third-order valence-electron chi connectivity index (χ3n) is 2.28. The lowest BCUT2D eigenvalue weighted by molar-refractivity contribution is -0.193. The van der Waals surface area contributed by atoms with Gasteiger partial charge in [0.2, 0.25) is 0 Å². The largest absolute Gasteiger partial charge is 0.415 e. The first-order valence-corrected chi connectivity index (χ1v) is 4.86. The fourth-order valence-corrected chi connectivity index (χ4v) is 1.09. The average molecular weight is 238 g/mol. The smallest absolute Gasteiger partial charge is 0.344 e. The van der Waals surface area contributed by atoms with Crippen LogP contribution in [0.25, 0.3) is 0 Å². The molecule has 0 aliphatic heterocycles. The van der Waals surface area contributed by atoms with Gasteiger partial charge in [-0.05, 0) is 19.8 Å². The van der Waals surface area contributed by atoms with E-state index < -0.39 is 17.6 Å². The van der Waals surface area contributed by atoms with Crippen LogP contribution in [-0.4, -0.2) is 36.1 Å². The lowest BCUT2D eigenvalue weighted by Crippen LogP contribution is -2.61. The molecular formula is C10H17F3N2O. The molecular weight excluding hydrogens is 221 g/mol. The molecule has 6 heteroatoms. The van der Waals surface area contributed by atoms with E-state index in [9.17, 15) is 18.0 Å². The van der Waals surface area contributed by atoms with E-state index in [-0.39, 0.29) is 6.54 Å². The second-order valence-corrected chi connectivity index (χ2v) is 3.86. The Morgan fingerprint density at radius 3 is 2.38 bits per heavy atom. The molecule has 0 saturated heterocycles. The number of allylic oxidation sites excluding steroid dienone is 1. The fraction of sp³-hybridized carbons (Fsp3) is 0.700. The number of nitrogens with zero attached hydrogens (tertiary/aromatic N) is 1. The number of unbranched alkanes of at least 4 members (excludes halogenated alkanes) is 1. The molecule has 16 heavy (non-hydrogen) atoms. The van der Waals surface area contributed by atoms with Crippen LogP contribution in [0.5, 0.6) is 0 Å². The zero-order chi connectivity index (χ0) is 13.0. The number of rotatable bonds is 5. The molecule has 0 heterocycles. The first-order valence-electron chi connectivity index (χ1n) is 4.86. The van der Waals surface area contributed by atoms with Gasteiger partial charge in [0.1, 0.15) is 0 Å². The lowest BCUT2D eigenvalue weighted by Gasteiger charge is -2.30. The van der Waals surface area contributed by atoms with Crippen molar-refractivity contribution in [1.29, 1.82) is 0 Å². The fourth-order valence-electron chi connectivity index (χ4n) is 1.09. The summed E-state index contributed by atoms with van der Waals surface area (Å²) < 4.78 is 37.3. The first-order chi connectivity index (χ1) is 7.14. The predicted octanol–water partition coefficient (Wildman–Crippen LogP) is 1.69. The number of carbonyl (C=O) groups is 1. The molecule has 0 bridgehead atoms. The average Bonchev–Trinajstić information content (AvgIpc) is 2.15. The van der Waals surface area contributed by atoms with E-state index in [4.69, 9.17) is 5.73 Å². The Bertz CT molecular complexity index is 261. The Labute approximate surface area is 93.1 Å². The van der Waals surface area contributed by atoms with Crippen LogP contribution in [0.3, 0.4) is 0 Å². The Hall–Kier alpha value is -1.04. The van der Waals surface area contributed by atoms with Crippen molar-refractivity contribution < 1.29 is 18.0 Å². The number of likely N-dealkylation sites (N-methyl/N-ethyl adjacent to an activating group) is 1. The maximum absolute atomic E-state index is 12.4. The maximum atomic E-state index is 12.4. The molecule has 0 radical (unpaired) electrons. The quantitative estimate of drug-likeness (QED) is 0.585. The van der Waals surface area contributed by atoms with Gasteiger partial charge in [0.05, 0.1) is 0 Å². The third-order valence-corrected chi connectivity index (χ3v) is 2.28.